The lowest BCUT2D eigenvalue weighted by molar-refractivity contribution is -0.113. The molecule has 27 heavy (non-hydrogen) atoms. The number of hydrogen-bond acceptors (Lipinski definition) is 4. The highest BCUT2D eigenvalue weighted by Gasteiger charge is 2.29. The van der Waals surface area contributed by atoms with Gasteiger partial charge in [0.2, 0.25) is 0 Å². The van der Waals surface area contributed by atoms with E-state index in [1.165, 1.54) is 17.8 Å². The van der Waals surface area contributed by atoms with Gasteiger partial charge >= 0.3 is 0 Å². The number of carbonyl (C=O) groups excluding carboxylic acids is 1. The van der Waals surface area contributed by atoms with Crippen LogP contribution in [0.4, 0.5) is 10.1 Å². The molecule has 2 aromatic rings. The summed E-state index contributed by atoms with van der Waals surface area (Å²) in [6.45, 7) is 2.79. The topological polar surface area (TPSA) is 35.9 Å². The van der Waals surface area contributed by atoms with Crippen LogP contribution in [-0.4, -0.2) is 42.2 Å². The molecule has 0 aromatic heterocycles. The summed E-state index contributed by atoms with van der Waals surface area (Å²) in [4.78, 5) is 21.3. The van der Waals surface area contributed by atoms with Crippen LogP contribution >= 0.6 is 27.7 Å². The second-order valence-electron chi connectivity index (χ2n) is 6.26. The highest BCUT2D eigenvalue weighted by atomic mass is 79.9. The zero-order valence-corrected chi connectivity index (χ0v) is 16.8. The Balaban J connectivity index is 1.43. The molecular formula is C20H17BrFN3OS. The van der Waals surface area contributed by atoms with Gasteiger partial charge in [-0.25, -0.2) is 4.39 Å². The van der Waals surface area contributed by atoms with Crippen LogP contribution in [0.5, 0.6) is 0 Å². The van der Waals surface area contributed by atoms with Crippen molar-refractivity contribution in [3.8, 4) is 0 Å². The zero-order chi connectivity index (χ0) is 18.8. The fourth-order valence-corrected chi connectivity index (χ4v) is 4.47. The van der Waals surface area contributed by atoms with Gasteiger partial charge in [0.1, 0.15) is 5.82 Å². The number of rotatable bonds is 2. The Morgan fingerprint density at radius 3 is 2.41 bits per heavy atom. The summed E-state index contributed by atoms with van der Waals surface area (Å²) in [6.07, 6.45) is 1.86. The average Bonchev–Trinajstić information content (AvgIpc) is 3.05. The van der Waals surface area contributed by atoms with Crippen molar-refractivity contribution in [3.05, 3.63) is 69.3 Å². The summed E-state index contributed by atoms with van der Waals surface area (Å²) >= 11 is 4.90. The molecule has 2 aliphatic heterocycles. The van der Waals surface area contributed by atoms with E-state index in [-0.39, 0.29) is 11.7 Å². The van der Waals surface area contributed by atoms with Gasteiger partial charge in [-0.15, -0.1) is 0 Å². The summed E-state index contributed by atoms with van der Waals surface area (Å²) < 4.78 is 14.9. The first kappa shape index (κ1) is 18.3. The lowest BCUT2D eigenvalue weighted by atomic mass is 10.2. The minimum Gasteiger partial charge on any atom is -0.366 e. The first-order valence-electron chi connectivity index (χ1n) is 8.63. The van der Waals surface area contributed by atoms with E-state index in [1.54, 1.807) is 12.1 Å². The molecule has 0 saturated carbocycles. The van der Waals surface area contributed by atoms with Gasteiger partial charge in [-0.2, -0.15) is 4.99 Å². The van der Waals surface area contributed by atoms with Crippen LogP contribution in [-0.2, 0) is 4.79 Å². The number of carbonyl (C=O) groups is 1. The van der Waals surface area contributed by atoms with Crippen molar-refractivity contribution in [1.82, 2.24) is 4.90 Å². The van der Waals surface area contributed by atoms with Gasteiger partial charge in [0, 0.05) is 30.7 Å². The van der Waals surface area contributed by atoms with Crippen molar-refractivity contribution in [2.24, 2.45) is 4.99 Å². The SMILES string of the molecule is O=C1N=C(N2CCN(c3ccccc3F)CC2)S/C1=C\c1ccccc1Br. The highest BCUT2D eigenvalue weighted by Crippen LogP contribution is 2.32. The van der Waals surface area contributed by atoms with Gasteiger partial charge in [0.05, 0.1) is 10.6 Å². The van der Waals surface area contributed by atoms with Gasteiger partial charge < -0.3 is 9.80 Å². The van der Waals surface area contributed by atoms with Crippen LogP contribution < -0.4 is 4.90 Å². The molecule has 0 N–H and O–H groups in total. The minimum atomic E-state index is -0.206. The van der Waals surface area contributed by atoms with Crippen molar-refractivity contribution in [2.75, 3.05) is 31.1 Å². The Morgan fingerprint density at radius 2 is 1.67 bits per heavy atom. The van der Waals surface area contributed by atoms with E-state index in [1.807, 2.05) is 41.3 Å². The number of anilines is 1. The zero-order valence-electron chi connectivity index (χ0n) is 14.4. The molecule has 2 aromatic carbocycles. The predicted octanol–water partition coefficient (Wildman–Crippen LogP) is 4.38. The van der Waals surface area contributed by atoms with Crippen molar-refractivity contribution in [3.63, 3.8) is 0 Å². The number of thioether (sulfide) groups is 1. The lowest BCUT2D eigenvalue weighted by Gasteiger charge is -2.36. The van der Waals surface area contributed by atoms with Gasteiger partial charge in [-0.3, -0.25) is 4.79 Å². The number of aliphatic imine (C=N–C) groups is 1. The molecule has 0 spiro atoms. The van der Waals surface area contributed by atoms with E-state index >= 15 is 0 Å². The molecule has 0 bridgehead atoms. The molecule has 138 valence electrons. The van der Waals surface area contributed by atoms with Gasteiger partial charge in [-0.1, -0.05) is 46.3 Å². The Morgan fingerprint density at radius 1 is 1.00 bits per heavy atom. The number of halogens is 2. The van der Waals surface area contributed by atoms with Crippen LogP contribution in [0.3, 0.4) is 0 Å². The number of nitrogens with zero attached hydrogens (tertiary/aromatic N) is 3. The maximum atomic E-state index is 14.0. The van der Waals surface area contributed by atoms with Crippen LogP contribution in [0.15, 0.2) is 62.9 Å². The molecule has 1 amide bonds. The van der Waals surface area contributed by atoms with Crippen LogP contribution in [0, 0.1) is 5.82 Å². The molecule has 2 aliphatic rings. The summed E-state index contributed by atoms with van der Waals surface area (Å²) in [7, 11) is 0. The molecule has 4 rings (SSSR count). The lowest BCUT2D eigenvalue weighted by Crippen LogP contribution is -2.48. The van der Waals surface area contributed by atoms with Gasteiger partial charge in [-0.05, 0) is 41.6 Å². The number of piperazine rings is 1. The average molecular weight is 446 g/mol. The van der Waals surface area contributed by atoms with Crippen molar-refractivity contribution < 1.29 is 9.18 Å². The first-order chi connectivity index (χ1) is 13.1. The number of amidine groups is 1. The van der Waals surface area contributed by atoms with E-state index in [9.17, 15) is 9.18 Å². The van der Waals surface area contributed by atoms with E-state index in [4.69, 9.17) is 0 Å². The number of hydrogen-bond donors (Lipinski definition) is 0. The molecule has 2 heterocycles. The Kier molecular flexibility index (Phi) is 5.31. The Hall–Kier alpha value is -2.12. The third kappa shape index (κ3) is 3.94. The number of benzene rings is 2. The third-order valence-corrected chi connectivity index (χ3v) is 6.31. The first-order valence-corrected chi connectivity index (χ1v) is 10.2. The minimum absolute atomic E-state index is 0.202. The van der Waals surface area contributed by atoms with E-state index in [0.717, 1.165) is 15.2 Å². The smallest absolute Gasteiger partial charge is 0.286 e. The van der Waals surface area contributed by atoms with Crippen LogP contribution in [0.1, 0.15) is 5.56 Å². The molecule has 0 radical (unpaired) electrons. The summed E-state index contributed by atoms with van der Waals surface area (Å²) in [5.74, 6) is -0.408. The summed E-state index contributed by atoms with van der Waals surface area (Å²) in [6, 6.07) is 14.6. The molecule has 0 aliphatic carbocycles. The summed E-state index contributed by atoms with van der Waals surface area (Å²) in [5, 5.41) is 0.728. The maximum Gasteiger partial charge on any atom is 0.286 e. The Labute approximate surface area is 169 Å². The fourth-order valence-electron chi connectivity index (χ4n) is 3.11. The van der Waals surface area contributed by atoms with Crippen LogP contribution in [0.25, 0.3) is 6.08 Å². The molecule has 7 heteroatoms. The maximum absolute atomic E-state index is 14.0. The standard InChI is InChI=1S/C20H17BrFN3OS/c21-15-6-2-1-5-14(15)13-18-19(26)23-20(27-18)25-11-9-24(10-12-25)17-8-4-3-7-16(17)22/h1-8,13H,9-12H2/b18-13-. The molecular weight excluding hydrogens is 429 g/mol. The molecule has 1 saturated heterocycles. The van der Waals surface area contributed by atoms with Crippen molar-refractivity contribution >= 4 is 50.5 Å². The highest BCUT2D eigenvalue weighted by molar-refractivity contribution is 9.10. The fraction of sp³-hybridized carbons (Fsp3) is 0.200. The van der Waals surface area contributed by atoms with Gasteiger partial charge in [0.15, 0.2) is 5.17 Å². The molecule has 0 atom stereocenters. The quantitative estimate of drug-likeness (QED) is 0.642. The molecule has 0 unspecified atom stereocenters. The second-order valence-corrected chi connectivity index (χ2v) is 8.12. The van der Waals surface area contributed by atoms with E-state index in [2.05, 4.69) is 25.8 Å². The van der Waals surface area contributed by atoms with E-state index < -0.39 is 0 Å². The van der Waals surface area contributed by atoms with Crippen LogP contribution in [0.2, 0.25) is 0 Å². The monoisotopic (exact) mass is 445 g/mol. The van der Waals surface area contributed by atoms with E-state index in [0.29, 0.717) is 36.8 Å². The van der Waals surface area contributed by atoms with Crippen molar-refractivity contribution in [2.45, 2.75) is 0 Å². The van der Waals surface area contributed by atoms with Crippen molar-refractivity contribution in [1.29, 1.82) is 0 Å². The molecule has 1 fully saturated rings. The van der Waals surface area contributed by atoms with Gasteiger partial charge in [0.25, 0.3) is 5.91 Å². The third-order valence-electron chi connectivity index (χ3n) is 4.54. The molecule has 4 nitrogen and oxygen atoms in total. The number of amides is 1. The predicted molar refractivity (Wildman–Crippen MR) is 112 cm³/mol. The Bertz CT molecular complexity index is 938. The number of para-hydroxylation sites is 1. The normalized spacial score (nSPS) is 19.0. The summed E-state index contributed by atoms with van der Waals surface area (Å²) in [5.41, 5.74) is 1.58. The second kappa shape index (κ2) is 7.86. The largest absolute Gasteiger partial charge is 0.366 e.